The number of primary amides is 1. The van der Waals surface area contributed by atoms with Crippen LogP contribution in [0, 0.1) is 58.2 Å². The molecule has 0 heterocycles. The highest BCUT2D eigenvalue weighted by Crippen LogP contribution is 2.71. The van der Waals surface area contributed by atoms with E-state index in [4.69, 9.17) is 11.5 Å². The molecule has 6 N–H and O–H groups in total. The third-order valence-corrected chi connectivity index (χ3v) is 12.7. The fourth-order valence-corrected chi connectivity index (χ4v) is 10.8. The first kappa shape index (κ1) is 29.3. The molecule has 0 aliphatic heterocycles. The Kier molecular flexibility index (Phi) is 8.79. The molecule has 0 saturated heterocycles. The average Bonchev–Trinajstić information content (AvgIpc) is 3.17. The number of aliphatic hydroxyl groups excluding tert-OH is 1. The summed E-state index contributed by atoms with van der Waals surface area (Å²) in [7, 11) is 0. The minimum absolute atomic E-state index is 0.192. The Morgan fingerprint density at radius 1 is 0.946 bits per heavy atom. The number of hydrogen-bond donors (Lipinski definition) is 4. The average molecular weight is 519 g/mol. The van der Waals surface area contributed by atoms with Crippen LogP contribution in [0.5, 0.6) is 0 Å². The molecule has 214 valence electrons. The number of rotatable bonds is 10. The number of amides is 1. The van der Waals surface area contributed by atoms with Crippen molar-refractivity contribution in [1.29, 1.82) is 0 Å². The molecule has 0 aromatic rings. The summed E-state index contributed by atoms with van der Waals surface area (Å²) in [5.41, 5.74) is 10.9. The van der Waals surface area contributed by atoms with Crippen molar-refractivity contribution in [3.05, 3.63) is 0 Å². The lowest BCUT2D eigenvalue weighted by atomic mass is 9.39. The van der Waals surface area contributed by atoms with Crippen LogP contribution in [0.1, 0.15) is 118 Å². The van der Waals surface area contributed by atoms with E-state index in [1.165, 1.54) is 44.9 Å². The van der Waals surface area contributed by atoms with Crippen LogP contribution in [0.15, 0.2) is 0 Å². The maximum atomic E-state index is 12.9. The van der Waals surface area contributed by atoms with Gasteiger partial charge in [0.1, 0.15) is 0 Å². The summed E-state index contributed by atoms with van der Waals surface area (Å²) in [5.74, 6) is 3.08. The Morgan fingerprint density at radius 3 is 2.32 bits per heavy atom. The molecule has 5 nitrogen and oxygen atoms in total. The van der Waals surface area contributed by atoms with Gasteiger partial charge >= 0.3 is 0 Å². The number of fused-ring (bicyclic) bond motifs is 5. The van der Waals surface area contributed by atoms with Gasteiger partial charge in [-0.1, -0.05) is 53.9 Å². The van der Waals surface area contributed by atoms with Crippen LogP contribution in [-0.2, 0) is 4.79 Å². The predicted octanol–water partition coefficient (Wildman–Crippen LogP) is 5.65. The molecule has 0 radical (unpaired) electrons. The van der Waals surface area contributed by atoms with Gasteiger partial charge in [-0.25, -0.2) is 0 Å². The highest BCUT2D eigenvalue weighted by Gasteiger charge is 2.68. The minimum Gasteiger partial charge on any atom is -0.393 e. The summed E-state index contributed by atoms with van der Waals surface area (Å²) >= 11 is 0. The molecule has 4 rings (SSSR count). The zero-order chi connectivity index (χ0) is 27.2. The molecule has 0 aromatic heterocycles. The van der Waals surface area contributed by atoms with Gasteiger partial charge < -0.3 is 21.7 Å². The van der Waals surface area contributed by atoms with E-state index in [0.29, 0.717) is 42.6 Å². The van der Waals surface area contributed by atoms with Crippen molar-refractivity contribution in [3.8, 4) is 0 Å². The van der Waals surface area contributed by atoms with Crippen molar-refractivity contribution in [2.75, 3.05) is 6.54 Å². The van der Waals surface area contributed by atoms with Gasteiger partial charge in [0.25, 0.3) is 0 Å². The minimum atomic E-state index is -1.05. The van der Waals surface area contributed by atoms with Crippen LogP contribution < -0.4 is 11.5 Å². The Hall–Kier alpha value is -0.650. The largest absolute Gasteiger partial charge is 0.393 e. The van der Waals surface area contributed by atoms with E-state index in [1.54, 1.807) is 0 Å². The number of carbonyl (C=O) groups excluding carboxylic acids is 1. The molecule has 11 atom stereocenters. The van der Waals surface area contributed by atoms with E-state index < -0.39 is 11.7 Å². The second-order valence-electron chi connectivity index (χ2n) is 14.9. The van der Waals surface area contributed by atoms with Crippen molar-refractivity contribution in [3.63, 3.8) is 0 Å². The maximum absolute atomic E-state index is 12.9. The fraction of sp³-hybridized carbons (Fsp3) is 0.969. The van der Waals surface area contributed by atoms with E-state index in [-0.39, 0.29) is 23.2 Å². The van der Waals surface area contributed by atoms with E-state index in [9.17, 15) is 15.0 Å². The Morgan fingerprint density at radius 2 is 1.68 bits per heavy atom. The SMILES string of the molecule is CC(C)CCC[C@@H](C)[C@H]1CC[C@H]2[C@@H]3CC(C(CCCN)C(N)=O)C4(O)CC(O)CC[C@]4(C)[C@H]3CC[C@]12C. The lowest BCUT2D eigenvalue weighted by molar-refractivity contribution is -0.256. The van der Waals surface area contributed by atoms with Gasteiger partial charge in [-0.3, -0.25) is 4.79 Å². The molecule has 0 aromatic carbocycles. The van der Waals surface area contributed by atoms with Crippen molar-refractivity contribution >= 4 is 5.91 Å². The van der Waals surface area contributed by atoms with E-state index in [1.807, 2.05) is 0 Å². The van der Waals surface area contributed by atoms with Gasteiger partial charge in [0, 0.05) is 18.3 Å². The summed E-state index contributed by atoms with van der Waals surface area (Å²) in [5, 5.41) is 23.3. The summed E-state index contributed by atoms with van der Waals surface area (Å²) in [6.45, 7) is 12.6. The van der Waals surface area contributed by atoms with Crippen LogP contribution >= 0.6 is 0 Å². The lowest BCUT2D eigenvalue weighted by Crippen LogP contribution is -2.68. The first-order chi connectivity index (χ1) is 17.4. The highest BCUT2D eigenvalue weighted by atomic mass is 16.3. The normalized spacial score (nSPS) is 45.1. The monoisotopic (exact) mass is 518 g/mol. The Bertz CT molecular complexity index is 803. The predicted molar refractivity (Wildman–Crippen MR) is 150 cm³/mol. The van der Waals surface area contributed by atoms with Gasteiger partial charge in [0.05, 0.1) is 11.7 Å². The van der Waals surface area contributed by atoms with Crippen LogP contribution in [0.2, 0.25) is 0 Å². The maximum Gasteiger partial charge on any atom is 0.220 e. The van der Waals surface area contributed by atoms with Crippen molar-refractivity contribution in [1.82, 2.24) is 0 Å². The first-order valence-corrected chi connectivity index (χ1v) is 15.8. The Balaban J connectivity index is 1.64. The molecular weight excluding hydrogens is 460 g/mol. The molecule has 1 amide bonds. The molecule has 37 heavy (non-hydrogen) atoms. The molecule has 4 aliphatic rings. The molecule has 5 heteroatoms. The van der Waals surface area contributed by atoms with Crippen LogP contribution in [0.25, 0.3) is 0 Å². The molecule has 0 bridgehead atoms. The molecule has 0 spiro atoms. The van der Waals surface area contributed by atoms with Gasteiger partial charge in [0.2, 0.25) is 5.91 Å². The summed E-state index contributed by atoms with van der Waals surface area (Å²) < 4.78 is 0. The zero-order valence-corrected chi connectivity index (χ0v) is 24.6. The third kappa shape index (κ3) is 5.04. The first-order valence-electron chi connectivity index (χ1n) is 15.8. The number of nitrogens with two attached hydrogens (primary N) is 2. The highest BCUT2D eigenvalue weighted by molar-refractivity contribution is 5.77. The lowest BCUT2D eigenvalue weighted by Gasteiger charge is -2.67. The van der Waals surface area contributed by atoms with E-state index in [2.05, 4.69) is 34.6 Å². The van der Waals surface area contributed by atoms with Gasteiger partial charge in [-0.05, 0) is 111 Å². The zero-order valence-electron chi connectivity index (χ0n) is 24.6. The fourth-order valence-electron chi connectivity index (χ4n) is 10.8. The van der Waals surface area contributed by atoms with Crippen LogP contribution in [0.3, 0.4) is 0 Å². The second-order valence-corrected chi connectivity index (χ2v) is 14.9. The summed E-state index contributed by atoms with van der Waals surface area (Å²) in [4.78, 5) is 12.9. The molecule has 4 unspecified atom stereocenters. The quantitative estimate of drug-likeness (QED) is 0.299. The third-order valence-electron chi connectivity index (χ3n) is 12.7. The van der Waals surface area contributed by atoms with Gasteiger partial charge in [0.15, 0.2) is 0 Å². The van der Waals surface area contributed by atoms with E-state index >= 15 is 0 Å². The van der Waals surface area contributed by atoms with Crippen LogP contribution in [0.4, 0.5) is 0 Å². The second kappa shape index (κ2) is 11.1. The Labute approximate surface area is 226 Å². The molecule has 4 saturated carbocycles. The smallest absolute Gasteiger partial charge is 0.220 e. The van der Waals surface area contributed by atoms with E-state index in [0.717, 1.165) is 43.4 Å². The van der Waals surface area contributed by atoms with Gasteiger partial charge in [-0.15, -0.1) is 0 Å². The molecular formula is C32H58N2O3. The van der Waals surface area contributed by atoms with Gasteiger partial charge in [-0.2, -0.15) is 0 Å². The topological polar surface area (TPSA) is 110 Å². The summed E-state index contributed by atoms with van der Waals surface area (Å²) in [6.07, 6.45) is 12.7. The number of hydrogen-bond acceptors (Lipinski definition) is 4. The summed E-state index contributed by atoms with van der Waals surface area (Å²) in [6, 6.07) is 0. The molecule has 4 aliphatic carbocycles. The standard InChI is InChI=1S/C32H58N2O3/c1-20(2)8-6-9-21(3)25-11-12-26-24-18-28(23(29(34)36)10-7-17-33)32(37)19-22(35)13-16-31(32,5)27(24)14-15-30(25,26)4/h20-28,35,37H,6-19,33H2,1-5H3,(H2,34,36)/t21-,22?,23?,24+,25-,26+,27+,28?,30-,31-,32?/m1/s1. The van der Waals surface area contributed by atoms with Crippen LogP contribution in [-0.4, -0.2) is 34.4 Å². The number of aliphatic hydroxyl groups is 2. The van der Waals surface area contributed by atoms with Crippen molar-refractivity contribution < 1.29 is 15.0 Å². The van der Waals surface area contributed by atoms with Crippen molar-refractivity contribution in [2.45, 2.75) is 130 Å². The number of carbonyl (C=O) groups is 1. The van der Waals surface area contributed by atoms with Crippen molar-refractivity contribution in [2.24, 2.45) is 69.6 Å². The molecule has 4 fully saturated rings.